The summed E-state index contributed by atoms with van der Waals surface area (Å²) in [6.07, 6.45) is 3.21. The van der Waals surface area contributed by atoms with Crippen molar-refractivity contribution >= 4 is 5.97 Å². The van der Waals surface area contributed by atoms with E-state index in [-0.39, 0.29) is 5.97 Å². The van der Waals surface area contributed by atoms with Gasteiger partial charge in [-0.2, -0.15) is 0 Å². The van der Waals surface area contributed by atoms with Crippen LogP contribution in [0.15, 0.2) is 12.2 Å². The number of esters is 1. The number of carbonyl (C=O) groups excluding carboxylic acids is 1. The number of rotatable bonds is 2. The van der Waals surface area contributed by atoms with E-state index in [9.17, 15) is 4.79 Å². The van der Waals surface area contributed by atoms with Crippen LogP contribution in [0, 0.1) is 0 Å². The minimum absolute atomic E-state index is 0.360. The Hall–Kier alpha value is -0.870. The highest BCUT2D eigenvalue weighted by Crippen LogP contribution is 2.13. The van der Waals surface area contributed by atoms with Gasteiger partial charge in [0.2, 0.25) is 0 Å². The highest BCUT2D eigenvalue weighted by molar-refractivity contribution is 5.74. The van der Waals surface area contributed by atoms with Crippen LogP contribution < -0.4 is 0 Å². The smallest absolute Gasteiger partial charge is 0.335 e. The van der Waals surface area contributed by atoms with Crippen LogP contribution >= 0.6 is 0 Å². The van der Waals surface area contributed by atoms with E-state index >= 15 is 0 Å². The lowest BCUT2D eigenvalue weighted by Gasteiger charge is -2.22. The molecule has 0 fully saturated rings. The van der Waals surface area contributed by atoms with Crippen molar-refractivity contribution in [3.63, 3.8) is 0 Å². The zero-order chi connectivity index (χ0) is 8.97. The maximum Gasteiger partial charge on any atom is 0.335 e. The molecule has 2 unspecified atom stereocenters. The van der Waals surface area contributed by atoms with Gasteiger partial charge in [-0.1, -0.05) is 6.08 Å². The van der Waals surface area contributed by atoms with E-state index in [1.54, 1.807) is 6.08 Å². The van der Waals surface area contributed by atoms with Crippen molar-refractivity contribution in [3.05, 3.63) is 12.2 Å². The Morgan fingerprint density at radius 3 is 2.92 bits per heavy atom. The van der Waals surface area contributed by atoms with Gasteiger partial charge in [-0.05, 0) is 6.08 Å². The summed E-state index contributed by atoms with van der Waals surface area (Å²) in [5.41, 5.74) is 0. The van der Waals surface area contributed by atoms with Crippen LogP contribution in [0.3, 0.4) is 0 Å². The van der Waals surface area contributed by atoms with Crippen LogP contribution in [0.5, 0.6) is 0 Å². The molecule has 0 N–H and O–H groups in total. The Bertz CT molecular complexity index is 187. The molecule has 0 spiro atoms. The third-order valence-corrected chi connectivity index (χ3v) is 1.64. The first kappa shape index (κ1) is 9.22. The molecule has 0 aromatic carbocycles. The molecule has 0 saturated carbocycles. The molecular weight excluding hydrogens is 160 g/mol. The maximum atomic E-state index is 11.0. The first-order chi connectivity index (χ1) is 5.77. The van der Waals surface area contributed by atoms with Gasteiger partial charge >= 0.3 is 5.97 Å². The average Bonchev–Trinajstić information content (AvgIpc) is 2.17. The fourth-order valence-corrected chi connectivity index (χ4v) is 0.993. The molecule has 1 aliphatic heterocycles. The van der Waals surface area contributed by atoms with Gasteiger partial charge in [0.1, 0.15) is 0 Å². The fourth-order valence-electron chi connectivity index (χ4n) is 0.993. The highest BCUT2D eigenvalue weighted by Gasteiger charge is 2.24. The highest BCUT2D eigenvalue weighted by atomic mass is 16.7. The van der Waals surface area contributed by atoms with Gasteiger partial charge < -0.3 is 14.2 Å². The minimum atomic E-state index is -0.523. The van der Waals surface area contributed by atoms with Gasteiger partial charge in [0, 0.05) is 13.5 Å². The van der Waals surface area contributed by atoms with E-state index < -0.39 is 12.4 Å². The second-order valence-electron chi connectivity index (χ2n) is 2.42. The molecule has 2 atom stereocenters. The van der Waals surface area contributed by atoms with Crippen LogP contribution in [-0.2, 0) is 19.0 Å². The Morgan fingerprint density at radius 1 is 1.58 bits per heavy atom. The summed E-state index contributed by atoms with van der Waals surface area (Å²) in [7, 11) is 2.86. The molecule has 4 nitrogen and oxygen atoms in total. The third kappa shape index (κ3) is 2.06. The Labute approximate surface area is 71.1 Å². The van der Waals surface area contributed by atoms with E-state index in [0.29, 0.717) is 6.42 Å². The van der Waals surface area contributed by atoms with Crippen LogP contribution in [0.25, 0.3) is 0 Å². The maximum absolute atomic E-state index is 11.0. The summed E-state index contributed by atoms with van der Waals surface area (Å²) < 4.78 is 14.6. The normalized spacial score (nSPS) is 28.5. The van der Waals surface area contributed by atoms with Crippen molar-refractivity contribution in [2.24, 2.45) is 0 Å². The number of ether oxygens (including phenoxy) is 3. The second kappa shape index (κ2) is 4.23. The molecule has 1 aliphatic rings. The predicted molar refractivity (Wildman–Crippen MR) is 41.4 cm³/mol. The van der Waals surface area contributed by atoms with Gasteiger partial charge in [0.25, 0.3) is 0 Å². The molecule has 0 radical (unpaired) electrons. The molecule has 1 heterocycles. The van der Waals surface area contributed by atoms with E-state index in [4.69, 9.17) is 9.47 Å². The van der Waals surface area contributed by atoms with E-state index in [1.807, 2.05) is 6.08 Å². The number of hydrogen-bond acceptors (Lipinski definition) is 4. The first-order valence-corrected chi connectivity index (χ1v) is 3.70. The Morgan fingerprint density at radius 2 is 2.33 bits per heavy atom. The molecule has 12 heavy (non-hydrogen) atoms. The van der Waals surface area contributed by atoms with Crippen molar-refractivity contribution in [2.75, 3.05) is 14.2 Å². The van der Waals surface area contributed by atoms with Gasteiger partial charge in [0.05, 0.1) is 7.11 Å². The molecule has 1 rings (SSSR count). The summed E-state index contributed by atoms with van der Waals surface area (Å²) in [6, 6.07) is 0. The second-order valence-corrected chi connectivity index (χ2v) is 2.42. The summed E-state index contributed by atoms with van der Waals surface area (Å²) in [4.78, 5) is 11.0. The van der Waals surface area contributed by atoms with Crippen LogP contribution in [0.4, 0.5) is 0 Å². The average molecular weight is 172 g/mol. The van der Waals surface area contributed by atoms with Crippen molar-refractivity contribution in [1.29, 1.82) is 0 Å². The molecule has 0 bridgehead atoms. The topological polar surface area (TPSA) is 44.8 Å². The molecule has 0 saturated heterocycles. The number of carbonyl (C=O) groups is 1. The molecule has 68 valence electrons. The predicted octanol–water partition coefficient (Wildman–Crippen LogP) is 0.477. The lowest BCUT2D eigenvalue weighted by atomic mass is 10.2. The molecule has 0 aromatic rings. The van der Waals surface area contributed by atoms with E-state index in [1.165, 1.54) is 14.2 Å². The van der Waals surface area contributed by atoms with Crippen LogP contribution in [0.1, 0.15) is 6.42 Å². The van der Waals surface area contributed by atoms with E-state index in [0.717, 1.165) is 0 Å². The molecule has 0 aromatic heterocycles. The van der Waals surface area contributed by atoms with Crippen LogP contribution in [0.2, 0.25) is 0 Å². The molecule has 0 aliphatic carbocycles. The van der Waals surface area contributed by atoms with Crippen molar-refractivity contribution in [1.82, 2.24) is 0 Å². The standard InChI is InChI=1S/C8H12O4/c1-10-7-5-3-4-6(12-7)8(9)11-2/h3,5-7H,4H2,1-2H3. The lowest BCUT2D eigenvalue weighted by Crippen LogP contribution is -2.32. The van der Waals surface area contributed by atoms with Crippen molar-refractivity contribution in [3.8, 4) is 0 Å². The third-order valence-electron chi connectivity index (χ3n) is 1.64. The van der Waals surface area contributed by atoms with E-state index in [2.05, 4.69) is 4.74 Å². The zero-order valence-corrected chi connectivity index (χ0v) is 7.15. The Kier molecular flexibility index (Phi) is 3.25. The van der Waals surface area contributed by atoms with Gasteiger partial charge in [-0.15, -0.1) is 0 Å². The number of hydrogen-bond donors (Lipinski definition) is 0. The number of methoxy groups -OCH3 is 2. The zero-order valence-electron chi connectivity index (χ0n) is 7.15. The summed E-state index contributed by atoms with van der Waals surface area (Å²) in [6.45, 7) is 0. The Balaban J connectivity index is 2.49. The van der Waals surface area contributed by atoms with Crippen molar-refractivity contribution in [2.45, 2.75) is 18.8 Å². The monoisotopic (exact) mass is 172 g/mol. The summed E-state index contributed by atoms with van der Waals surface area (Å²) in [5, 5.41) is 0. The van der Waals surface area contributed by atoms with Gasteiger partial charge in [-0.25, -0.2) is 4.79 Å². The molecular formula is C8H12O4. The quantitative estimate of drug-likeness (QED) is 0.449. The summed E-state index contributed by atoms with van der Waals surface area (Å²) >= 11 is 0. The molecule has 0 amide bonds. The molecule has 4 heteroatoms. The lowest BCUT2D eigenvalue weighted by molar-refractivity contribution is -0.175. The fraction of sp³-hybridized carbons (Fsp3) is 0.625. The summed E-state index contributed by atoms with van der Waals surface area (Å²) in [5.74, 6) is -0.360. The van der Waals surface area contributed by atoms with Crippen LogP contribution in [-0.4, -0.2) is 32.6 Å². The van der Waals surface area contributed by atoms with Gasteiger partial charge in [0.15, 0.2) is 12.4 Å². The largest absolute Gasteiger partial charge is 0.467 e. The van der Waals surface area contributed by atoms with Crippen molar-refractivity contribution < 1.29 is 19.0 Å². The first-order valence-electron chi connectivity index (χ1n) is 3.70. The SMILES string of the molecule is COC(=O)C1CC=CC(OC)O1. The minimum Gasteiger partial charge on any atom is -0.467 e. The van der Waals surface area contributed by atoms with Gasteiger partial charge in [-0.3, -0.25) is 0 Å².